The Morgan fingerprint density at radius 2 is 0.558 bits per heavy atom. The van der Waals surface area contributed by atoms with Gasteiger partial charge in [0.05, 0.1) is 0 Å². The van der Waals surface area contributed by atoms with Crippen molar-refractivity contribution in [3.05, 3.63) is 330 Å². The monoisotopic (exact) mass is 1880 g/mol. The van der Waals surface area contributed by atoms with Crippen LogP contribution in [-0.4, -0.2) is 18.3 Å². The Hall–Kier alpha value is -10.1. The van der Waals surface area contributed by atoms with Gasteiger partial charge in [-0.2, -0.15) is 26.3 Å². The summed E-state index contributed by atoms with van der Waals surface area (Å²) < 4.78 is 137. The van der Waals surface area contributed by atoms with Crippen LogP contribution in [0.5, 0.6) is 0 Å². The Morgan fingerprint density at radius 3 is 0.899 bits per heavy atom. The van der Waals surface area contributed by atoms with Gasteiger partial charge in [0.25, 0.3) is 0 Å². The molecular formula is C128H154F10. The van der Waals surface area contributed by atoms with Crippen LogP contribution >= 0.6 is 0 Å². The molecule has 14 aromatic carbocycles. The fraction of sp³-hybridized carbons (Fsp3) is 0.438. The summed E-state index contributed by atoms with van der Waals surface area (Å²) >= 11 is 0. The molecule has 14 aromatic rings. The van der Waals surface area contributed by atoms with E-state index >= 15 is 4.39 Å². The number of fused-ring (bicyclic) bond motifs is 6. The molecular weight excluding hydrogens is 1730 g/mol. The van der Waals surface area contributed by atoms with Crippen molar-refractivity contribution in [2.75, 3.05) is 0 Å². The first-order valence-corrected chi connectivity index (χ1v) is 50.0. The minimum absolute atomic E-state index is 0.0186. The average molecular weight is 1880 g/mol. The normalized spacial score (nSPS) is 14.9. The molecule has 138 heavy (non-hydrogen) atoms. The van der Waals surface area contributed by atoms with E-state index in [0.717, 1.165) is 71.4 Å². The van der Waals surface area contributed by atoms with Crippen molar-refractivity contribution in [2.24, 2.45) is 5.41 Å². The van der Waals surface area contributed by atoms with Gasteiger partial charge in [0.2, 0.25) is 5.92 Å². The van der Waals surface area contributed by atoms with Crippen molar-refractivity contribution in [3.63, 3.8) is 0 Å². The van der Waals surface area contributed by atoms with E-state index in [0.29, 0.717) is 24.7 Å². The van der Waals surface area contributed by atoms with Crippen LogP contribution in [0.1, 0.15) is 354 Å². The zero-order chi connectivity index (χ0) is 103. The zero-order valence-electron chi connectivity index (χ0n) is 89.0. The number of benzene rings is 14. The molecule has 0 heterocycles. The van der Waals surface area contributed by atoms with E-state index in [1.807, 2.05) is 108 Å². The van der Waals surface area contributed by atoms with E-state index < -0.39 is 36.5 Å². The van der Waals surface area contributed by atoms with E-state index in [-0.39, 0.29) is 87.1 Å². The third-order valence-electron chi connectivity index (χ3n) is 29.4. The average Bonchev–Trinajstić information content (AvgIpc) is 0.739. The summed E-state index contributed by atoms with van der Waals surface area (Å²) in [7, 11) is 0. The fourth-order valence-corrected chi connectivity index (χ4v) is 22.5. The summed E-state index contributed by atoms with van der Waals surface area (Å²) in [6.07, 6.45) is -11.5. The molecule has 0 atom stereocenters. The van der Waals surface area contributed by atoms with E-state index in [9.17, 15) is 39.5 Å². The molecule has 0 radical (unpaired) electrons. The minimum atomic E-state index is -5.29. The molecule has 2 fully saturated rings. The highest BCUT2D eigenvalue weighted by atomic mass is 19.4. The van der Waals surface area contributed by atoms with Crippen molar-refractivity contribution in [3.8, 4) is 22.3 Å². The third-order valence-corrected chi connectivity index (χ3v) is 29.4. The van der Waals surface area contributed by atoms with Crippen LogP contribution in [0.15, 0.2) is 212 Å². The molecule has 0 aliphatic heterocycles. The lowest BCUT2D eigenvalue weighted by molar-refractivity contribution is -0.350. The molecule has 2 aliphatic carbocycles. The minimum Gasteiger partial charge on any atom is -0.207 e. The molecule has 736 valence electrons. The van der Waals surface area contributed by atoms with Gasteiger partial charge in [-0.1, -0.05) is 367 Å². The number of hydrogen-bond donors (Lipinski definition) is 0. The van der Waals surface area contributed by atoms with Crippen LogP contribution in [0.4, 0.5) is 43.9 Å². The lowest BCUT2D eigenvalue weighted by Gasteiger charge is -2.42. The summed E-state index contributed by atoms with van der Waals surface area (Å²) in [4.78, 5) is 0. The lowest BCUT2D eigenvalue weighted by atomic mass is 9.66. The van der Waals surface area contributed by atoms with Crippen LogP contribution in [0.3, 0.4) is 0 Å². The highest BCUT2D eigenvalue weighted by Crippen LogP contribution is 2.61. The maximum Gasteiger partial charge on any atom is 0.403 e. The van der Waals surface area contributed by atoms with E-state index in [1.54, 1.807) is 6.07 Å². The maximum absolute atomic E-state index is 15.3. The van der Waals surface area contributed by atoms with Crippen molar-refractivity contribution in [1.82, 2.24) is 0 Å². The van der Waals surface area contributed by atoms with Crippen molar-refractivity contribution < 1.29 is 43.9 Å². The highest BCUT2D eigenvalue weighted by Gasteiger charge is 2.70. The first-order valence-electron chi connectivity index (χ1n) is 50.0. The predicted molar refractivity (Wildman–Crippen MR) is 573 cm³/mol. The van der Waals surface area contributed by atoms with E-state index in [1.165, 1.54) is 121 Å². The molecule has 16 rings (SSSR count). The topological polar surface area (TPSA) is 0 Å². The molecule has 0 spiro atoms. The Bertz CT molecular complexity index is 6660. The molecule has 0 saturated heterocycles. The van der Waals surface area contributed by atoms with Gasteiger partial charge in [-0.05, 0) is 361 Å². The zero-order valence-corrected chi connectivity index (χ0v) is 89.0. The molecule has 0 unspecified atom stereocenters. The summed E-state index contributed by atoms with van der Waals surface area (Å²) in [6.45, 7) is 71.9. The smallest absolute Gasteiger partial charge is 0.207 e. The Balaban J connectivity index is 0.000000160. The maximum atomic E-state index is 15.3. The van der Waals surface area contributed by atoms with Crippen LogP contribution in [0, 0.1) is 72.4 Å². The van der Waals surface area contributed by atoms with Gasteiger partial charge >= 0.3 is 12.4 Å². The molecule has 0 aromatic heterocycles. The second kappa shape index (κ2) is 40.9. The number of hydrogen-bond acceptors (Lipinski definition) is 0. The van der Waals surface area contributed by atoms with Crippen LogP contribution in [-0.2, 0) is 37.9 Å². The van der Waals surface area contributed by atoms with Gasteiger partial charge in [0.15, 0.2) is 5.41 Å². The first-order chi connectivity index (χ1) is 63.8. The van der Waals surface area contributed by atoms with Gasteiger partial charge in [-0.25, -0.2) is 17.6 Å². The molecule has 2 saturated carbocycles. The number of halogens is 10. The van der Waals surface area contributed by atoms with Gasteiger partial charge in [0.1, 0.15) is 11.6 Å². The van der Waals surface area contributed by atoms with Gasteiger partial charge < -0.3 is 0 Å². The Labute approximate surface area is 820 Å². The van der Waals surface area contributed by atoms with Crippen molar-refractivity contribution in [1.29, 1.82) is 0 Å². The quantitative estimate of drug-likeness (QED) is 0.146. The van der Waals surface area contributed by atoms with Crippen molar-refractivity contribution >= 4 is 64.6 Å². The largest absolute Gasteiger partial charge is 0.403 e. The van der Waals surface area contributed by atoms with Crippen LogP contribution < -0.4 is 0 Å². The Kier molecular flexibility index (Phi) is 32.1. The highest BCUT2D eigenvalue weighted by molar-refractivity contribution is 6.03. The Morgan fingerprint density at radius 1 is 0.275 bits per heavy atom. The second-order valence-corrected chi connectivity index (χ2v) is 47.6. The molecule has 2 aliphatic rings. The number of aryl methyl sites for hydroxylation is 8. The lowest BCUT2D eigenvalue weighted by Crippen LogP contribution is -2.51. The van der Waals surface area contributed by atoms with Crippen LogP contribution in [0.2, 0.25) is 0 Å². The molecule has 10 heteroatoms. The summed E-state index contributed by atoms with van der Waals surface area (Å²) in [5.74, 6) is -1.66. The second-order valence-electron chi connectivity index (χ2n) is 47.6. The molecule has 0 bridgehead atoms. The molecule has 0 N–H and O–H groups in total. The standard InChI is InChI=1S/C27H34.C23H26F6.C23H26.C21H26F2.C19H25F.C15H17F/c1-17(2)20-14-11-15-21(18(3)4)26(20)24-16-25(27(6,7)8)19(5)22-12-9-10-13-23(22)24;1-14-16-7-5-6-8-17(16)18(13-19(14)20(2,3)4)15-9-11-21(12-10-15,22(24,25)26)23(27,28)29;1-15-10-9-11-16(2)22(15)20-14-21(23(4,5)6)17(3)18-12-7-8-13-19(18)20;1-14-16-7-5-6-8-17(16)18(13-19(14)20(2,3)4)15-9-11-21(22,23)12-10-15;1-12-13-10-8-9-11-14(13)16(19(5,6)7)17(20)15(12)18(2,3)4;1-10-12-8-6-5-7-11(12)9-13(16)14(10)15(2,3)4/h9-18H,1-8H3;5-8,13,15H,9-12H2,1-4H3;7-14H,1-6H3;5-8,13,15H,9-12H2,1-4H3;8-11H,1-7H3;5-9H,1-4H3. The van der Waals surface area contributed by atoms with Gasteiger partial charge in [-0.3, -0.25) is 0 Å². The molecule has 0 amide bonds. The van der Waals surface area contributed by atoms with Crippen molar-refractivity contribution in [2.45, 2.75) is 360 Å². The first kappa shape index (κ1) is 108. The summed E-state index contributed by atoms with van der Waals surface area (Å²) in [5.41, 5.74) is 24.5. The number of alkyl halides is 8. The summed E-state index contributed by atoms with van der Waals surface area (Å²) in [6, 6.07) is 74.3. The van der Waals surface area contributed by atoms with E-state index in [4.69, 9.17) is 0 Å². The number of rotatable bonds is 6. The molecule has 0 nitrogen and oxygen atoms in total. The fourth-order valence-electron chi connectivity index (χ4n) is 22.5. The predicted octanol–water partition coefficient (Wildman–Crippen LogP) is 40.5. The van der Waals surface area contributed by atoms with Gasteiger partial charge in [0, 0.05) is 18.4 Å². The SMILES string of the molecule is Cc1c(C(C)(C)C)c(F)c(C(C)(C)C)c2ccccc12.Cc1c(C(C)(C)C)c(F)cc2ccccc12.Cc1c(C(C)(C)C)cc(-c2c(C(C)C)cccc2C(C)C)c2ccccc12.Cc1c(C(C)(C)C)cc(C2CCC(C(F)(F)F)(C(F)(F)F)CC2)c2ccccc12.Cc1c(C(C)(C)C)cc(C2CCC(F)(F)CC2)c2ccccc12.Cc1cccc(C)c1-c1cc(C(C)(C)C)c(C)c2ccccc12. The summed E-state index contributed by atoms with van der Waals surface area (Å²) in [5, 5.41) is 14.3. The van der Waals surface area contributed by atoms with Gasteiger partial charge in [-0.15, -0.1) is 0 Å². The van der Waals surface area contributed by atoms with Crippen LogP contribution in [0.25, 0.3) is 86.9 Å². The third kappa shape index (κ3) is 23.1. The van der Waals surface area contributed by atoms with E-state index in [2.05, 4.69) is 326 Å².